The third kappa shape index (κ3) is 2.66. The fourth-order valence-corrected chi connectivity index (χ4v) is 7.58. The molecule has 7 atom stereocenters. The van der Waals surface area contributed by atoms with E-state index in [1.807, 2.05) is 0 Å². The summed E-state index contributed by atoms with van der Waals surface area (Å²) in [6, 6.07) is 0. The minimum Gasteiger partial charge on any atom is -0.311 e. The van der Waals surface area contributed by atoms with Gasteiger partial charge in [-0.3, -0.25) is 15.1 Å². The van der Waals surface area contributed by atoms with Crippen molar-refractivity contribution in [1.29, 1.82) is 0 Å². The summed E-state index contributed by atoms with van der Waals surface area (Å²) in [5, 5.41) is 3.25. The Morgan fingerprint density at radius 3 is 2.70 bits per heavy atom. The molecule has 150 valence electrons. The monoisotopic (exact) mass is 372 g/mol. The minimum atomic E-state index is -0.0134. The summed E-state index contributed by atoms with van der Waals surface area (Å²) in [6.45, 7) is 9.24. The van der Waals surface area contributed by atoms with Gasteiger partial charge in [0, 0.05) is 30.6 Å². The molecule has 2 N–H and O–H groups in total. The molecular formula is C23H36N2O2. The van der Waals surface area contributed by atoms with Crippen LogP contribution in [0.2, 0.25) is 0 Å². The van der Waals surface area contributed by atoms with Crippen molar-refractivity contribution < 1.29 is 9.63 Å². The Balaban J connectivity index is 1.37. The average molecular weight is 373 g/mol. The van der Waals surface area contributed by atoms with Crippen molar-refractivity contribution >= 4 is 5.78 Å². The summed E-state index contributed by atoms with van der Waals surface area (Å²) < 4.78 is 0. The van der Waals surface area contributed by atoms with Gasteiger partial charge in [-0.05, 0) is 73.5 Å². The highest BCUT2D eigenvalue weighted by Gasteiger charge is 2.61. The van der Waals surface area contributed by atoms with Crippen LogP contribution in [0.25, 0.3) is 0 Å². The summed E-state index contributed by atoms with van der Waals surface area (Å²) in [7, 11) is 0. The van der Waals surface area contributed by atoms with E-state index >= 15 is 0 Å². The van der Waals surface area contributed by atoms with Crippen LogP contribution in [0.3, 0.4) is 0 Å². The molecule has 0 bridgehead atoms. The molecule has 5 rings (SSSR count). The molecule has 0 aromatic rings. The van der Waals surface area contributed by atoms with Crippen LogP contribution < -0.4 is 10.8 Å². The molecule has 1 saturated heterocycles. The zero-order valence-corrected chi connectivity index (χ0v) is 17.2. The summed E-state index contributed by atoms with van der Waals surface area (Å²) in [4.78, 5) is 18.5. The quantitative estimate of drug-likeness (QED) is 0.739. The predicted molar refractivity (Wildman–Crippen MR) is 106 cm³/mol. The van der Waals surface area contributed by atoms with Gasteiger partial charge >= 0.3 is 0 Å². The highest BCUT2D eigenvalue weighted by molar-refractivity contribution is 5.87. The van der Waals surface area contributed by atoms with E-state index in [0.29, 0.717) is 29.1 Å². The third-order valence-electron chi connectivity index (χ3n) is 9.45. The van der Waals surface area contributed by atoms with Gasteiger partial charge in [0.15, 0.2) is 0 Å². The number of carbonyl (C=O) groups is 1. The van der Waals surface area contributed by atoms with E-state index in [2.05, 4.69) is 37.6 Å². The minimum absolute atomic E-state index is 0.0134. The number of carbonyl (C=O) groups excluding carboxylic acids is 1. The second-order valence-electron chi connectivity index (χ2n) is 10.7. The zero-order valence-electron chi connectivity index (χ0n) is 17.2. The van der Waals surface area contributed by atoms with Crippen molar-refractivity contribution in [2.24, 2.45) is 40.4 Å². The van der Waals surface area contributed by atoms with Crippen LogP contribution in [0.1, 0.15) is 65.7 Å². The zero-order chi connectivity index (χ0) is 18.8. The van der Waals surface area contributed by atoms with Crippen LogP contribution in [-0.4, -0.2) is 25.0 Å². The third-order valence-corrected chi connectivity index (χ3v) is 9.45. The van der Waals surface area contributed by atoms with Crippen molar-refractivity contribution in [3.8, 4) is 0 Å². The van der Waals surface area contributed by atoms with E-state index in [9.17, 15) is 4.79 Å². The molecular weight excluding hydrogens is 336 g/mol. The number of fused-ring (bicyclic) bond motifs is 5. The van der Waals surface area contributed by atoms with Gasteiger partial charge < -0.3 is 5.32 Å². The lowest BCUT2D eigenvalue weighted by molar-refractivity contribution is -0.141. The summed E-state index contributed by atoms with van der Waals surface area (Å²) in [5.74, 6) is 4.09. The standard InChI is InChI=1S/C23H36N2O2/c1-14-10-15-11-16(25-27-17-12-24-13-17)6-8-22(15,2)19-7-9-23(3)18(21(14)19)4-5-20(23)26/h11,14-15,17-19,21,24-25H,4-10,12-13H2,1-3H3/t14-,15?,18+,19+,21+,22+,23+/m1/s1. The molecule has 27 heavy (non-hydrogen) atoms. The van der Waals surface area contributed by atoms with Gasteiger partial charge in [-0.1, -0.05) is 26.8 Å². The van der Waals surface area contributed by atoms with Crippen molar-refractivity contribution in [3.63, 3.8) is 0 Å². The van der Waals surface area contributed by atoms with E-state index < -0.39 is 0 Å². The van der Waals surface area contributed by atoms with Crippen molar-refractivity contribution in [1.82, 2.24) is 10.8 Å². The first-order valence-electron chi connectivity index (χ1n) is 11.3. The highest BCUT2D eigenvalue weighted by Crippen LogP contribution is 2.66. The molecule has 5 aliphatic rings. The summed E-state index contributed by atoms with van der Waals surface area (Å²) in [5.41, 5.74) is 4.97. The maximum atomic E-state index is 12.6. The van der Waals surface area contributed by atoms with Crippen LogP contribution in [0.4, 0.5) is 0 Å². The number of ketones is 1. The van der Waals surface area contributed by atoms with Gasteiger partial charge in [0.25, 0.3) is 0 Å². The molecule has 0 aromatic carbocycles. The SMILES string of the molecule is C[C@@H]1CC2C=C(NOC3CNC3)CC[C@]2(C)[C@H]2CC[C@]3(C)C(=O)CC[C@H]3[C@H]12. The molecule has 1 unspecified atom stereocenters. The lowest BCUT2D eigenvalue weighted by Gasteiger charge is -2.61. The van der Waals surface area contributed by atoms with E-state index in [4.69, 9.17) is 4.84 Å². The van der Waals surface area contributed by atoms with Crippen LogP contribution in [0, 0.1) is 40.4 Å². The van der Waals surface area contributed by atoms with E-state index in [1.165, 1.54) is 25.0 Å². The fourth-order valence-electron chi connectivity index (χ4n) is 7.58. The number of Topliss-reactive ketones (excluding diaryl/α,β-unsaturated/α-hetero) is 1. The van der Waals surface area contributed by atoms with Crippen LogP contribution in [-0.2, 0) is 9.63 Å². The molecule has 1 aliphatic heterocycles. The number of hydrogen-bond acceptors (Lipinski definition) is 4. The van der Waals surface area contributed by atoms with Gasteiger partial charge in [0.1, 0.15) is 11.9 Å². The van der Waals surface area contributed by atoms with Gasteiger partial charge in [-0.15, -0.1) is 0 Å². The van der Waals surface area contributed by atoms with Gasteiger partial charge in [0.2, 0.25) is 0 Å². The Bertz CT molecular complexity index is 657. The van der Waals surface area contributed by atoms with E-state index in [1.54, 1.807) is 0 Å². The van der Waals surface area contributed by atoms with Crippen molar-refractivity contribution in [3.05, 3.63) is 11.8 Å². The van der Waals surface area contributed by atoms with Gasteiger partial charge in [-0.2, -0.15) is 0 Å². The van der Waals surface area contributed by atoms with Crippen molar-refractivity contribution in [2.45, 2.75) is 71.8 Å². The number of allylic oxidation sites excluding steroid dienone is 2. The number of nitrogens with one attached hydrogen (secondary N) is 2. The lowest BCUT2D eigenvalue weighted by Crippen LogP contribution is -2.55. The molecule has 0 aromatic heterocycles. The Morgan fingerprint density at radius 2 is 1.96 bits per heavy atom. The molecule has 4 aliphatic carbocycles. The maximum absolute atomic E-state index is 12.6. The summed E-state index contributed by atoms with van der Waals surface area (Å²) >= 11 is 0. The number of hydroxylamine groups is 1. The molecule has 1 heterocycles. The molecule has 0 amide bonds. The molecule has 4 fully saturated rings. The first kappa shape index (κ1) is 18.2. The Morgan fingerprint density at radius 1 is 1.15 bits per heavy atom. The van der Waals surface area contributed by atoms with Gasteiger partial charge in [-0.25, -0.2) is 0 Å². The molecule has 0 radical (unpaired) electrons. The highest BCUT2D eigenvalue weighted by atomic mass is 16.7. The van der Waals surface area contributed by atoms with Gasteiger partial charge in [0.05, 0.1) is 0 Å². The Labute approximate surface area is 163 Å². The molecule has 4 nitrogen and oxygen atoms in total. The fraction of sp³-hybridized carbons (Fsp3) is 0.870. The normalized spacial score (nSPS) is 49.5. The first-order chi connectivity index (χ1) is 12.9. The Kier molecular flexibility index (Phi) is 4.25. The number of hydrogen-bond donors (Lipinski definition) is 2. The Hall–Kier alpha value is -0.870. The largest absolute Gasteiger partial charge is 0.311 e. The van der Waals surface area contributed by atoms with Crippen LogP contribution in [0.5, 0.6) is 0 Å². The second kappa shape index (κ2) is 6.32. The predicted octanol–water partition coefficient (Wildman–Crippen LogP) is 3.83. The van der Waals surface area contributed by atoms with Crippen LogP contribution >= 0.6 is 0 Å². The van der Waals surface area contributed by atoms with Crippen molar-refractivity contribution in [2.75, 3.05) is 13.1 Å². The average Bonchev–Trinajstić information content (AvgIpc) is 2.90. The van der Waals surface area contributed by atoms with Crippen LogP contribution in [0.15, 0.2) is 11.8 Å². The topological polar surface area (TPSA) is 50.4 Å². The molecule has 4 heteroatoms. The number of rotatable bonds is 3. The molecule has 3 saturated carbocycles. The first-order valence-corrected chi connectivity index (χ1v) is 11.3. The smallest absolute Gasteiger partial charge is 0.139 e. The lowest BCUT2D eigenvalue weighted by atomic mass is 9.44. The summed E-state index contributed by atoms with van der Waals surface area (Å²) in [6.07, 6.45) is 10.8. The van der Waals surface area contributed by atoms with E-state index in [-0.39, 0.29) is 5.41 Å². The van der Waals surface area contributed by atoms with E-state index in [0.717, 1.165) is 56.5 Å². The molecule has 0 spiro atoms. The second-order valence-corrected chi connectivity index (χ2v) is 10.7. The maximum Gasteiger partial charge on any atom is 0.139 e.